The van der Waals surface area contributed by atoms with Crippen LogP contribution in [0.25, 0.3) is 11.6 Å². The average molecular weight is 450 g/mol. The molecule has 1 N–H and O–H groups in total. The van der Waals surface area contributed by atoms with Gasteiger partial charge >= 0.3 is 5.97 Å². The van der Waals surface area contributed by atoms with E-state index in [0.717, 1.165) is 5.56 Å². The first kappa shape index (κ1) is 23.5. The van der Waals surface area contributed by atoms with Crippen molar-refractivity contribution >= 4 is 17.6 Å². The molecular formula is C26H26O7. The van der Waals surface area contributed by atoms with Crippen molar-refractivity contribution in [2.24, 2.45) is 0 Å². The smallest absolute Gasteiger partial charge is 0.336 e. The van der Waals surface area contributed by atoms with Gasteiger partial charge in [0.15, 0.2) is 23.0 Å². The van der Waals surface area contributed by atoms with Crippen LogP contribution in [0.3, 0.4) is 0 Å². The van der Waals surface area contributed by atoms with E-state index in [9.17, 15) is 9.90 Å². The highest BCUT2D eigenvalue weighted by Gasteiger charge is 2.19. The minimum absolute atomic E-state index is 0.0495. The topological polar surface area (TPSA) is 83.5 Å². The van der Waals surface area contributed by atoms with Crippen molar-refractivity contribution in [3.8, 4) is 28.7 Å². The maximum atomic E-state index is 12.1. The molecule has 0 unspecified atom stereocenters. The number of methoxy groups -OCH3 is 4. The van der Waals surface area contributed by atoms with Crippen molar-refractivity contribution in [1.82, 2.24) is 0 Å². The molecule has 0 saturated carbocycles. The van der Waals surface area contributed by atoms with Gasteiger partial charge in [0.25, 0.3) is 0 Å². The largest absolute Gasteiger partial charge is 0.493 e. The predicted octanol–water partition coefficient (Wildman–Crippen LogP) is 4.93. The van der Waals surface area contributed by atoms with Crippen molar-refractivity contribution in [2.75, 3.05) is 28.4 Å². The SMILES string of the molecule is COc1ccc(/C=C(/C(=O)O)c2cc(OC)c(OC)c(OC)c2)cc1OCc1ccccc1. The molecule has 0 radical (unpaired) electrons. The highest BCUT2D eigenvalue weighted by Crippen LogP contribution is 2.40. The molecule has 172 valence electrons. The summed E-state index contributed by atoms with van der Waals surface area (Å²) in [4.78, 5) is 12.1. The van der Waals surface area contributed by atoms with Crippen LogP contribution in [0.5, 0.6) is 28.7 Å². The zero-order valence-electron chi connectivity index (χ0n) is 19.0. The minimum atomic E-state index is -1.10. The summed E-state index contributed by atoms with van der Waals surface area (Å²) in [6.07, 6.45) is 1.55. The molecular weight excluding hydrogens is 424 g/mol. The lowest BCUT2D eigenvalue weighted by molar-refractivity contribution is -0.130. The Kier molecular flexibility index (Phi) is 7.81. The maximum absolute atomic E-state index is 12.1. The molecule has 3 rings (SSSR count). The molecule has 0 aromatic heterocycles. The van der Waals surface area contributed by atoms with Crippen LogP contribution in [-0.2, 0) is 11.4 Å². The molecule has 0 fully saturated rings. The van der Waals surface area contributed by atoms with Crippen LogP contribution in [-0.4, -0.2) is 39.5 Å². The first-order chi connectivity index (χ1) is 16.0. The van der Waals surface area contributed by atoms with Gasteiger partial charge in [-0.15, -0.1) is 0 Å². The number of rotatable bonds is 10. The molecule has 3 aromatic rings. The highest BCUT2D eigenvalue weighted by atomic mass is 16.5. The van der Waals surface area contributed by atoms with E-state index in [4.69, 9.17) is 23.7 Å². The molecule has 0 amide bonds. The fourth-order valence-electron chi connectivity index (χ4n) is 3.30. The van der Waals surface area contributed by atoms with Gasteiger partial charge in [-0.3, -0.25) is 0 Å². The maximum Gasteiger partial charge on any atom is 0.336 e. The van der Waals surface area contributed by atoms with Crippen LogP contribution >= 0.6 is 0 Å². The monoisotopic (exact) mass is 450 g/mol. The fourth-order valence-corrected chi connectivity index (χ4v) is 3.30. The lowest BCUT2D eigenvalue weighted by Crippen LogP contribution is -2.03. The van der Waals surface area contributed by atoms with Crippen LogP contribution in [0.4, 0.5) is 0 Å². The summed E-state index contributed by atoms with van der Waals surface area (Å²) < 4.78 is 27.4. The third kappa shape index (κ3) is 5.57. The molecule has 0 atom stereocenters. The normalized spacial score (nSPS) is 11.0. The van der Waals surface area contributed by atoms with Crippen LogP contribution < -0.4 is 23.7 Å². The van der Waals surface area contributed by atoms with Crippen molar-refractivity contribution in [3.05, 3.63) is 77.4 Å². The van der Waals surface area contributed by atoms with E-state index in [0.29, 0.717) is 46.5 Å². The molecule has 0 aliphatic heterocycles. The van der Waals surface area contributed by atoms with Crippen molar-refractivity contribution in [1.29, 1.82) is 0 Å². The molecule has 7 nitrogen and oxygen atoms in total. The van der Waals surface area contributed by atoms with E-state index < -0.39 is 5.97 Å². The van der Waals surface area contributed by atoms with E-state index in [-0.39, 0.29) is 5.57 Å². The molecule has 0 bridgehead atoms. The molecule has 0 heterocycles. The molecule has 0 spiro atoms. The van der Waals surface area contributed by atoms with E-state index in [2.05, 4.69) is 0 Å². The van der Waals surface area contributed by atoms with E-state index in [1.165, 1.54) is 21.3 Å². The lowest BCUT2D eigenvalue weighted by Gasteiger charge is -2.15. The second-order valence-corrected chi connectivity index (χ2v) is 6.96. The highest BCUT2D eigenvalue weighted by molar-refractivity contribution is 6.20. The number of benzene rings is 3. The summed E-state index contributed by atoms with van der Waals surface area (Å²) in [6.45, 7) is 0.350. The van der Waals surface area contributed by atoms with Crippen molar-refractivity contribution in [2.45, 2.75) is 6.61 Å². The van der Waals surface area contributed by atoms with Gasteiger partial charge in [0, 0.05) is 0 Å². The average Bonchev–Trinajstić information content (AvgIpc) is 2.85. The second kappa shape index (κ2) is 10.9. The fraction of sp³-hybridized carbons (Fsp3) is 0.192. The Morgan fingerprint density at radius 1 is 0.788 bits per heavy atom. The van der Waals surface area contributed by atoms with E-state index in [1.807, 2.05) is 30.3 Å². The summed E-state index contributed by atoms with van der Waals surface area (Å²) in [5.74, 6) is 1.06. The Labute approximate surface area is 192 Å². The van der Waals surface area contributed by atoms with Crippen LogP contribution in [0.1, 0.15) is 16.7 Å². The lowest BCUT2D eigenvalue weighted by atomic mass is 10.0. The number of hydrogen-bond donors (Lipinski definition) is 1. The number of ether oxygens (including phenoxy) is 5. The molecule has 0 saturated heterocycles. The predicted molar refractivity (Wildman–Crippen MR) is 125 cm³/mol. The summed E-state index contributed by atoms with van der Waals surface area (Å²) in [5, 5.41) is 9.93. The van der Waals surface area contributed by atoms with Gasteiger partial charge in [-0.05, 0) is 47.0 Å². The van der Waals surface area contributed by atoms with Crippen LogP contribution in [0.2, 0.25) is 0 Å². The first-order valence-electron chi connectivity index (χ1n) is 10.1. The zero-order chi connectivity index (χ0) is 23.8. The van der Waals surface area contributed by atoms with Crippen LogP contribution in [0.15, 0.2) is 60.7 Å². The zero-order valence-corrected chi connectivity index (χ0v) is 19.0. The number of carboxylic acid groups (broad SMARTS) is 1. The molecule has 0 aliphatic carbocycles. The third-order valence-electron chi connectivity index (χ3n) is 4.94. The quantitative estimate of drug-likeness (QED) is 0.347. The number of hydrogen-bond acceptors (Lipinski definition) is 6. The minimum Gasteiger partial charge on any atom is -0.493 e. The third-order valence-corrected chi connectivity index (χ3v) is 4.94. The molecule has 3 aromatic carbocycles. The van der Waals surface area contributed by atoms with Crippen LogP contribution in [0, 0.1) is 0 Å². The standard InChI is InChI=1S/C26H26O7/c1-29-21-11-10-18(13-22(21)33-16-17-8-6-5-7-9-17)12-20(26(27)28)19-14-23(30-2)25(32-4)24(15-19)31-3/h5-15H,16H2,1-4H3,(H,27,28)/b20-12+. The van der Waals surface area contributed by atoms with Crippen molar-refractivity contribution in [3.63, 3.8) is 0 Å². The van der Waals surface area contributed by atoms with Crippen molar-refractivity contribution < 1.29 is 33.6 Å². The summed E-state index contributed by atoms with van der Waals surface area (Å²) in [6, 6.07) is 18.2. The van der Waals surface area contributed by atoms with Gasteiger partial charge in [-0.2, -0.15) is 0 Å². The Balaban J connectivity index is 2.01. The molecule has 33 heavy (non-hydrogen) atoms. The van der Waals surface area contributed by atoms with E-state index >= 15 is 0 Å². The Morgan fingerprint density at radius 2 is 1.42 bits per heavy atom. The van der Waals surface area contributed by atoms with E-state index in [1.54, 1.807) is 43.5 Å². The van der Waals surface area contributed by atoms with Gasteiger partial charge in [-0.25, -0.2) is 4.79 Å². The number of carbonyl (C=O) groups is 1. The van der Waals surface area contributed by atoms with Gasteiger partial charge in [-0.1, -0.05) is 36.4 Å². The Hall–Kier alpha value is -4.13. The van der Waals surface area contributed by atoms with Gasteiger partial charge in [0.1, 0.15) is 6.61 Å². The van der Waals surface area contributed by atoms with Gasteiger partial charge in [0.2, 0.25) is 5.75 Å². The molecule has 0 aliphatic rings. The Morgan fingerprint density at radius 3 is 1.97 bits per heavy atom. The van der Waals surface area contributed by atoms with Gasteiger partial charge < -0.3 is 28.8 Å². The number of aliphatic carboxylic acids is 1. The Bertz CT molecular complexity index is 1110. The first-order valence-corrected chi connectivity index (χ1v) is 10.1. The summed E-state index contributed by atoms with van der Waals surface area (Å²) >= 11 is 0. The second-order valence-electron chi connectivity index (χ2n) is 6.96. The molecule has 7 heteroatoms. The summed E-state index contributed by atoms with van der Waals surface area (Å²) in [5.41, 5.74) is 2.09. The summed E-state index contributed by atoms with van der Waals surface area (Å²) in [7, 11) is 6.00. The van der Waals surface area contributed by atoms with Gasteiger partial charge in [0.05, 0.1) is 34.0 Å². The number of carboxylic acids is 1.